The number of aromatic carboxylic acids is 1. The van der Waals surface area contributed by atoms with E-state index in [0.29, 0.717) is 50.1 Å². The first-order valence-corrected chi connectivity index (χ1v) is 16.0. The summed E-state index contributed by atoms with van der Waals surface area (Å²) in [5.41, 5.74) is 1.79. The van der Waals surface area contributed by atoms with Crippen LogP contribution in [0.5, 0.6) is 0 Å². The molecule has 1 saturated heterocycles. The van der Waals surface area contributed by atoms with Crippen molar-refractivity contribution in [2.75, 3.05) is 26.8 Å². The molecule has 1 unspecified atom stereocenters. The van der Waals surface area contributed by atoms with E-state index < -0.39 is 23.7 Å². The Morgan fingerprint density at radius 1 is 1.07 bits per heavy atom. The van der Waals surface area contributed by atoms with Crippen LogP contribution in [0.25, 0.3) is 21.8 Å². The van der Waals surface area contributed by atoms with Crippen LogP contribution in [-0.2, 0) is 27.2 Å². The number of hydrogen-bond donors (Lipinski definition) is 2. The highest BCUT2D eigenvalue weighted by atomic mass is 16.6. The van der Waals surface area contributed by atoms with Crippen LogP contribution in [0.2, 0.25) is 0 Å². The molecule has 0 aliphatic carbocycles. The van der Waals surface area contributed by atoms with Crippen molar-refractivity contribution < 1.29 is 29.0 Å². The van der Waals surface area contributed by atoms with Crippen LogP contribution in [0, 0.1) is 0 Å². The second kappa shape index (κ2) is 14.3. The fraction of sp³-hybridized carbons (Fsp3) is 0.444. The van der Waals surface area contributed by atoms with Crippen molar-refractivity contribution in [1.29, 1.82) is 0 Å². The van der Waals surface area contributed by atoms with Gasteiger partial charge in [-0.3, -0.25) is 4.79 Å². The first-order chi connectivity index (χ1) is 22.0. The number of aromatic nitrogens is 2. The molecule has 2 heterocycles. The van der Waals surface area contributed by atoms with Crippen molar-refractivity contribution in [3.05, 3.63) is 77.6 Å². The number of benzene rings is 3. The molecule has 2 N–H and O–H groups in total. The van der Waals surface area contributed by atoms with Crippen LogP contribution in [0.15, 0.2) is 60.7 Å². The third-order valence-corrected chi connectivity index (χ3v) is 8.33. The second-order valence-electron chi connectivity index (χ2n) is 13.1. The van der Waals surface area contributed by atoms with Crippen molar-refractivity contribution in [3.8, 4) is 0 Å². The lowest BCUT2D eigenvalue weighted by Gasteiger charge is -2.34. The van der Waals surface area contributed by atoms with Gasteiger partial charge in [-0.25, -0.2) is 14.6 Å². The second-order valence-corrected chi connectivity index (χ2v) is 13.1. The molecular weight excluding hydrogens is 584 g/mol. The summed E-state index contributed by atoms with van der Waals surface area (Å²) in [6.45, 7) is 7.59. The van der Waals surface area contributed by atoms with E-state index in [1.165, 1.54) is 0 Å². The van der Waals surface area contributed by atoms with Gasteiger partial charge in [0.05, 0.1) is 16.6 Å². The topological polar surface area (TPSA) is 123 Å². The quantitative estimate of drug-likeness (QED) is 0.191. The lowest BCUT2D eigenvalue weighted by atomic mass is 9.95. The van der Waals surface area contributed by atoms with Gasteiger partial charge in [0, 0.05) is 51.7 Å². The third kappa shape index (κ3) is 8.04. The predicted molar refractivity (Wildman–Crippen MR) is 177 cm³/mol. The standard InChI is InChI=1S/C36H44N4O6/c1-36(2,3)46-35(44)37-28(21-24-15-16-25-10-5-6-11-26(25)20-24)22-31(41)39-17-8-12-27(23-39)33-38-30-14-7-13-29(34(42)43)32(30)40(33)18-9-19-45-4/h5-7,10-11,13-16,20,27-28H,8-9,12,17-19,21-23H2,1-4H3,(H,37,44)(H,42,43)/t27?,28-/m1/s1. The van der Waals surface area contributed by atoms with E-state index >= 15 is 0 Å². The minimum absolute atomic E-state index is 0.0557. The zero-order valence-corrected chi connectivity index (χ0v) is 27.1. The molecule has 10 heteroatoms. The van der Waals surface area contributed by atoms with Crippen LogP contribution in [-0.4, -0.2) is 76.0 Å². The summed E-state index contributed by atoms with van der Waals surface area (Å²) in [5, 5.41) is 15.1. The molecule has 0 bridgehead atoms. The average molecular weight is 629 g/mol. The molecule has 0 spiro atoms. The van der Waals surface area contributed by atoms with Crippen molar-refractivity contribution in [3.63, 3.8) is 0 Å². The Morgan fingerprint density at radius 3 is 2.59 bits per heavy atom. The van der Waals surface area contributed by atoms with Gasteiger partial charge in [0.15, 0.2) is 0 Å². The van der Waals surface area contributed by atoms with Gasteiger partial charge < -0.3 is 29.4 Å². The Morgan fingerprint density at radius 2 is 1.85 bits per heavy atom. The summed E-state index contributed by atoms with van der Waals surface area (Å²) in [7, 11) is 1.64. The van der Waals surface area contributed by atoms with E-state index in [4.69, 9.17) is 14.5 Å². The summed E-state index contributed by atoms with van der Waals surface area (Å²) in [6.07, 6.45) is 2.36. The number of rotatable bonds is 11. The summed E-state index contributed by atoms with van der Waals surface area (Å²) in [6, 6.07) is 19.0. The van der Waals surface area contributed by atoms with Gasteiger partial charge in [-0.1, -0.05) is 48.5 Å². The zero-order chi connectivity index (χ0) is 32.8. The molecular formula is C36H44N4O6. The first-order valence-electron chi connectivity index (χ1n) is 16.0. The smallest absolute Gasteiger partial charge is 0.407 e. The van der Waals surface area contributed by atoms with Gasteiger partial charge >= 0.3 is 12.1 Å². The summed E-state index contributed by atoms with van der Waals surface area (Å²) < 4.78 is 12.8. The average Bonchev–Trinajstić information content (AvgIpc) is 3.39. The van der Waals surface area contributed by atoms with E-state index in [9.17, 15) is 19.5 Å². The number of piperidine rings is 1. The van der Waals surface area contributed by atoms with E-state index in [1.807, 2.05) is 54.5 Å². The van der Waals surface area contributed by atoms with Gasteiger partial charge in [0.25, 0.3) is 0 Å². The Hall–Kier alpha value is -4.44. The number of fused-ring (bicyclic) bond motifs is 2. The number of carboxylic acid groups (broad SMARTS) is 1. The minimum atomic E-state index is -1.000. The fourth-order valence-electron chi connectivity index (χ4n) is 6.33. The van der Waals surface area contributed by atoms with Crippen LogP contribution >= 0.6 is 0 Å². The Balaban J connectivity index is 1.37. The SMILES string of the molecule is COCCCn1c(C2CCCN(C(=O)C[C@@H](Cc3ccc4ccccc4c3)NC(=O)OC(C)(C)C)C2)nc2cccc(C(=O)O)c21. The molecule has 0 radical (unpaired) electrons. The van der Waals surface area contributed by atoms with Gasteiger partial charge in [0.1, 0.15) is 11.4 Å². The van der Waals surface area contributed by atoms with Gasteiger partial charge in [-0.05, 0) is 74.9 Å². The molecule has 0 saturated carbocycles. The number of likely N-dealkylation sites (tertiary alicyclic amines) is 1. The van der Waals surface area contributed by atoms with E-state index in [2.05, 4.69) is 29.6 Å². The number of methoxy groups -OCH3 is 1. The van der Waals surface area contributed by atoms with Crippen LogP contribution < -0.4 is 5.32 Å². The maximum atomic E-state index is 13.9. The molecule has 3 aromatic carbocycles. The summed E-state index contributed by atoms with van der Waals surface area (Å²) >= 11 is 0. The molecule has 1 aliphatic rings. The van der Waals surface area contributed by atoms with E-state index in [-0.39, 0.29) is 23.8 Å². The van der Waals surface area contributed by atoms with E-state index in [1.54, 1.807) is 19.2 Å². The Kier molecular flexibility index (Phi) is 10.3. The zero-order valence-electron chi connectivity index (χ0n) is 27.1. The molecule has 1 fully saturated rings. The van der Waals surface area contributed by atoms with Gasteiger partial charge in [-0.15, -0.1) is 0 Å². The normalized spacial score (nSPS) is 16.0. The Bertz CT molecular complexity index is 1710. The lowest BCUT2D eigenvalue weighted by Crippen LogP contribution is -2.46. The van der Waals surface area contributed by atoms with Crippen LogP contribution in [0.1, 0.15) is 74.1 Å². The molecule has 244 valence electrons. The lowest BCUT2D eigenvalue weighted by molar-refractivity contribution is -0.133. The monoisotopic (exact) mass is 628 g/mol. The van der Waals surface area contributed by atoms with Crippen molar-refractivity contribution in [2.24, 2.45) is 0 Å². The van der Waals surface area contributed by atoms with Crippen molar-refractivity contribution in [2.45, 2.75) is 77.0 Å². The highest BCUT2D eigenvalue weighted by Crippen LogP contribution is 2.32. The summed E-state index contributed by atoms with van der Waals surface area (Å²) in [4.78, 5) is 45.6. The molecule has 1 aromatic heterocycles. The highest BCUT2D eigenvalue weighted by molar-refractivity contribution is 6.01. The van der Waals surface area contributed by atoms with Gasteiger partial charge in [-0.2, -0.15) is 0 Å². The maximum Gasteiger partial charge on any atom is 0.407 e. The fourth-order valence-corrected chi connectivity index (χ4v) is 6.33. The molecule has 46 heavy (non-hydrogen) atoms. The van der Waals surface area contributed by atoms with Crippen LogP contribution in [0.4, 0.5) is 4.79 Å². The number of imidazole rings is 1. The highest BCUT2D eigenvalue weighted by Gasteiger charge is 2.31. The number of amides is 2. The third-order valence-electron chi connectivity index (χ3n) is 8.33. The number of nitrogens with one attached hydrogen (secondary N) is 1. The van der Waals surface area contributed by atoms with Gasteiger partial charge in [0.2, 0.25) is 5.91 Å². The Labute approximate surface area is 269 Å². The van der Waals surface area contributed by atoms with Crippen LogP contribution in [0.3, 0.4) is 0 Å². The number of para-hydroxylation sites is 1. The first kappa shape index (κ1) is 32.9. The van der Waals surface area contributed by atoms with Crippen molar-refractivity contribution >= 4 is 39.8 Å². The van der Waals surface area contributed by atoms with E-state index in [0.717, 1.165) is 35.0 Å². The summed E-state index contributed by atoms with van der Waals surface area (Å²) in [5.74, 6) is -0.329. The maximum absolute atomic E-state index is 13.9. The number of alkyl carbamates (subject to hydrolysis) is 1. The minimum Gasteiger partial charge on any atom is -0.478 e. The largest absolute Gasteiger partial charge is 0.478 e. The number of hydrogen-bond acceptors (Lipinski definition) is 6. The predicted octanol–water partition coefficient (Wildman–Crippen LogP) is 6.16. The number of aryl methyl sites for hydroxylation is 1. The molecule has 2 amide bonds. The number of carbonyl (C=O) groups excluding carboxylic acids is 2. The molecule has 5 rings (SSSR count). The van der Waals surface area contributed by atoms with Crippen molar-refractivity contribution in [1.82, 2.24) is 19.8 Å². The molecule has 10 nitrogen and oxygen atoms in total. The number of carbonyl (C=O) groups is 3. The molecule has 1 aliphatic heterocycles. The number of nitrogens with zero attached hydrogens (tertiary/aromatic N) is 3. The number of carboxylic acids is 1. The molecule has 2 atom stereocenters. The molecule has 4 aromatic rings. The number of ether oxygens (including phenoxy) is 2.